The van der Waals surface area contributed by atoms with Crippen molar-refractivity contribution in [2.75, 3.05) is 18.2 Å². The van der Waals surface area contributed by atoms with Gasteiger partial charge in [0.2, 0.25) is 18.6 Å². The molecule has 152 valence electrons. The number of nitrogens with one attached hydrogen (secondary N) is 1. The minimum absolute atomic E-state index is 0.0803. The molecule has 0 bridgehead atoms. The third kappa shape index (κ3) is 3.59. The number of ether oxygens (including phenoxy) is 2. The maximum absolute atomic E-state index is 12.6. The van der Waals surface area contributed by atoms with Crippen molar-refractivity contribution in [2.24, 2.45) is 5.92 Å². The van der Waals surface area contributed by atoms with E-state index in [2.05, 4.69) is 15.3 Å². The number of anilines is 1. The van der Waals surface area contributed by atoms with E-state index in [-0.39, 0.29) is 25.0 Å². The first-order chi connectivity index (χ1) is 14.7. The Morgan fingerprint density at radius 1 is 1.20 bits per heavy atom. The summed E-state index contributed by atoms with van der Waals surface area (Å²) in [4.78, 5) is 35.3. The highest BCUT2D eigenvalue weighted by Crippen LogP contribution is 2.37. The number of hydrogen-bond donors (Lipinski definition) is 1. The molecule has 0 saturated carbocycles. The zero-order valence-corrected chi connectivity index (χ0v) is 16.7. The zero-order chi connectivity index (χ0) is 20.5. The van der Waals surface area contributed by atoms with E-state index in [1.807, 2.05) is 23.6 Å². The smallest absolute Gasteiger partial charge is 0.231 e. The van der Waals surface area contributed by atoms with Crippen LogP contribution in [0.1, 0.15) is 11.4 Å². The summed E-state index contributed by atoms with van der Waals surface area (Å²) in [5.41, 5.74) is 2.55. The van der Waals surface area contributed by atoms with E-state index in [0.717, 1.165) is 16.3 Å². The second-order valence-corrected chi connectivity index (χ2v) is 7.97. The van der Waals surface area contributed by atoms with Gasteiger partial charge in [0.25, 0.3) is 0 Å². The lowest BCUT2D eigenvalue weighted by Crippen LogP contribution is -2.32. The van der Waals surface area contributed by atoms with Gasteiger partial charge in [0.05, 0.1) is 18.2 Å². The lowest BCUT2D eigenvalue weighted by molar-refractivity contribution is -0.126. The fourth-order valence-corrected chi connectivity index (χ4v) is 4.28. The molecule has 0 radical (unpaired) electrons. The topological polar surface area (TPSA) is 93.7 Å². The Balaban J connectivity index is 1.20. The first-order valence-electron chi connectivity index (χ1n) is 9.50. The molecule has 2 aliphatic rings. The first kappa shape index (κ1) is 18.6. The summed E-state index contributed by atoms with van der Waals surface area (Å²) in [7, 11) is 0. The van der Waals surface area contributed by atoms with Crippen LogP contribution in [0.2, 0.25) is 0 Å². The third-order valence-corrected chi connectivity index (χ3v) is 5.95. The van der Waals surface area contributed by atoms with Gasteiger partial charge in [-0.3, -0.25) is 14.6 Å². The van der Waals surface area contributed by atoms with Crippen LogP contribution in [0, 0.1) is 5.92 Å². The molecule has 0 aliphatic carbocycles. The molecule has 1 saturated heterocycles. The van der Waals surface area contributed by atoms with Crippen LogP contribution >= 0.6 is 11.3 Å². The molecule has 3 aromatic rings. The lowest BCUT2D eigenvalue weighted by atomic mass is 10.1. The monoisotopic (exact) mass is 422 g/mol. The van der Waals surface area contributed by atoms with Gasteiger partial charge in [-0.1, -0.05) is 0 Å². The summed E-state index contributed by atoms with van der Waals surface area (Å²) in [5.74, 6) is 0.647. The number of nitrogens with zero attached hydrogens (tertiary/aromatic N) is 3. The van der Waals surface area contributed by atoms with Crippen molar-refractivity contribution in [1.82, 2.24) is 15.3 Å². The Labute approximate surface area is 176 Å². The summed E-state index contributed by atoms with van der Waals surface area (Å²) >= 11 is 1.49. The predicted molar refractivity (Wildman–Crippen MR) is 110 cm³/mol. The van der Waals surface area contributed by atoms with E-state index in [0.29, 0.717) is 30.3 Å². The van der Waals surface area contributed by atoms with Gasteiger partial charge in [-0.2, -0.15) is 0 Å². The molecule has 1 fully saturated rings. The molecule has 2 aliphatic heterocycles. The Bertz CT molecular complexity index is 1100. The van der Waals surface area contributed by atoms with Crippen LogP contribution in [0.15, 0.2) is 48.1 Å². The van der Waals surface area contributed by atoms with Gasteiger partial charge >= 0.3 is 0 Å². The summed E-state index contributed by atoms with van der Waals surface area (Å²) < 4.78 is 10.7. The SMILES string of the molecule is O=C(NCc1nc(-c2ccncc2)cs1)C1CC(=O)N(c2ccc3c(c2)OCO3)C1. The molecular formula is C21H18N4O4S. The van der Waals surface area contributed by atoms with E-state index in [1.165, 1.54) is 11.3 Å². The average molecular weight is 422 g/mol. The second-order valence-electron chi connectivity index (χ2n) is 7.02. The van der Waals surface area contributed by atoms with Gasteiger partial charge in [-0.25, -0.2) is 4.98 Å². The van der Waals surface area contributed by atoms with Crippen LogP contribution in [0.4, 0.5) is 5.69 Å². The number of carbonyl (C=O) groups excluding carboxylic acids is 2. The van der Waals surface area contributed by atoms with E-state index >= 15 is 0 Å². The normalized spacial score (nSPS) is 17.4. The fourth-order valence-electron chi connectivity index (χ4n) is 3.54. The highest BCUT2D eigenvalue weighted by atomic mass is 32.1. The Hall–Kier alpha value is -3.46. The number of benzene rings is 1. The maximum atomic E-state index is 12.6. The number of aromatic nitrogens is 2. The number of thiazole rings is 1. The molecule has 0 spiro atoms. The van der Waals surface area contributed by atoms with Crippen LogP contribution in [0.5, 0.6) is 11.5 Å². The lowest BCUT2D eigenvalue weighted by Gasteiger charge is -2.17. The van der Waals surface area contributed by atoms with Gasteiger partial charge < -0.3 is 19.7 Å². The van der Waals surface area contributed by atoms with Gasteiger partial charge in [0, 0.05) is 48.1 Å². The summed E-state index contributed by atoms with van der Waals surface area (Å²) in [6.45, 7) is 0.852. The molecule has 5 rings (SSSR count). The van der Waals surface area contributed by atoms with Crippen molar-refractivity contribution >= 4 is 28.8 Å². The summed E-state index contributed by atoms with van der Waals surface area (Å²) in [6.07, 6.45) is 3.62. The molecule has 9 heteroatoms. The minimum atomic E-state index is -0.400. The molecule has 1 aromatic carbocycles. The molecule has 30 heavy (non-hydrogen) atoms. The highest BCUT2D eigenvalue weighted by molar-refractivity contribution is 7.09. The van der Waals surface area contributed by atoms with Gasteiger partial charge in [-0.15, -0.1) is 11.3 Å². The minimum Gasteiger partial charge on any atom is -0.454 e. The van der Waals surface area contributed by atoms with Gasteiger partial charge in [0.1, 0.15) is 5.01 Å². The van der Waals surface area contributed by atoms with Crippen molar-refractivity contribution in [2.45, 2.75) is 13.0 Å². The molecule has 2 amide bonds. The first-order valence-corrected chi connectivity index (χ1v) is 10.4. The number of hydrogen-bond acceptors (Lipinski definition) is 7. The molecule has 1 N–H and O–H groups in total. The zero-order valence-electron chi connectivity index (χ0n) is 15.9. The van der Waals surface area contributed by atoms with E-state index in [1.54, 1.807) is 29.4 Å². The largest absolute Gasteiger partial charge is 0.454 e. The second kappa shape index (κ2) is 7.75. The number of carbonyl (C=O) groups is 2. The highest BCUT2D eigenvalue weighted by Gasteiger charge is 2.35. The number of rotatable bonds is 5. The van der Waals surface area contributed by atoms with Crippen molar-refractivity contribution in [1.29, 1.82) is 0 Å². The molecular weight excluding hydrogens is 404 g/mol. The van der Waals surface area contributed by atoms with Crippen LogP contribution in [-0.4, -0.2) is 35.1 Å². The van der Waals surface area contributed by atoms with E-state index < -0.39 is 5.92 Å². The van der Waals surface area contributed by atoms with Crippen molar-refractivity contribution < 1.29 is 19.1 Å². The van der Waals surface area contributed by atoms with Crippen molar-refractivity contribution in [3.8, 4) is 22.8 Å². The average Bonchev–Trinajstić information content (AvgIpc) is 3.51. The Morgan fingerprint density at radius 2 is 2.03 bits per heavy atom. The number of pyridine rings is 1. The van der Waals surface area contributed by atoms with Crippen LogP contribution in [-0.2, 0) is 16.1 Å². The van der Waals surface area contributed by atoms with E-state index in [4.69, 9.17) is 9.47 Å². The van der Waals surface area contributed by atoms with Gasteiger partial charge in [-0.05, 0) is 24.3 Å². The third-order valence-electron chi connectivity index (χ3n) is 5.11. The number of fused-ring (bicyclic) bond motifs is 1. The Morgan fingerprint density at radius 3 is 2.90 bits per heavy atom. The van der Waals surface area contributed by atoms with Crippen molar-refractivity contribution in [3.05, 3.63) is 53.1 Å². The molecule has 4 heterocycles. The van der Waals surface area contributed by atoms with E-state index in [9.17, 15) is 9.59 Å². The molecule has 1 atom stereocenters. The Kier molecular flexibility index (Phi) is 4.80. The maximum Gasteiger partial charge on any atom is 0.231 e. The van der Waals surface area contributed by atoms with Crippen LogP contribution in [0.25, 0.3) is 11.3 Å². The van der Waals surface area contributed by atoms with Gasteiger partial charge in [0.15, 0.2) is 11.5 Å². The van der Waals surface area contributed by atoms with Crippen LogP contribution in [0.3, 0.4) is 0 Å². The molecule has 2 aromatic heterocycles. The fraction of sp³-hybridized carbons (Fsp3) is 0.238. The molecule has 8 nitrogen and oxygen atoms in total. The predicted octanol–water partition coefficient (Wildman–Crippen LogP) is 2.60. The van der Waals surface area contributed by atoms with Crippen molar-refractivity contribution in [3.63, 3.8) is 0 Å². The summed E-state index contributed by atoms with van der Waals surface area (Å²) in [6, 6.07) is 9.15. The summed E-state index contributed by atoms with van der Waals surface area (Å²) in [5, 5.41) is 5.68. The standard InChI is InChI=1S/C21H18N4O4S/c26-20-7-14(10-25(20)15-1-2-17-18(8-15)29-12-28-17)21(27)23-9-19-24-16(11-30-19)13-3-5-22-6-4-13/h1-6,8,11,14H,7,9-10,12H2,(H,23,27). The van der Waals surface area contributed by atoms with Crippen LogP contribution < -0.4 is 19.7 Å². The molecule has 1 unspecified atom stereocenters. The number of amides is 2. The quantitative estimate of drug-likeness (QED) is 0.679.